The van der Waals surface area contributed by atoms with Gasteiger partial charge in [-0.25, -0.2) is 0 Å². The zero-order valence-electron chi connectivity index (χ0n) is 8.66. The smallest absolute Gasteiger partial charge is 0.0885 e. The van der Waals surface area contributed by atoms with Gasteiger partial charge in [-0.1, -0.05) is 0 Å². The molecule has 13 heavy (non-hydrogen) atoms. The van der Waals surface area contributed by atoms with Crippen molar-refractivity contribution in [1.29, 1.82) is 0 Å². The first-order valence-electron chi connectivity index (χ1n) is 4.66. The summed E-state index contributed by atoms with van der Waals surface area (Å²) in [6.07, 6.45) is 2.42. The van der Waals surface area contributed by atoms with E-state index in [4.69, 9.17) is 14.2 Å². The van der Waals surface area contributed by atoms with Crippen LogP contribution in [0.3, 0.4) is 0 Å². The Morgan fingerprint density at radius 3 is 1.92 bits per heavy atom. The van der Waals surface area contributed by atoms with Gasteiger partial charge in [0.25, 0.3) is 0 Å². The van der Waals surface area contributed by atoms with Crippen LogP contribution in [0, 0.1) is 12.8 Å². The second-order valence-corrected chi connectivity index (χ2v) is 3.49. The highest BCUT2D eigenvalue weighted by atomic mass is 16.5. The lowest BCUT2D eigenvalue weighted by atomic mass is 9.83. The van der Waals surface area contributed by atoms with Crippen molar-refractivity contribution in [3.63, 3.8) is 0 Å². The van der Waals surface area contributed by atoms with Crippen LogP contribution in [0.5, 0.6) is 0 Å². The predicted molar refractivity (Wildman–Crippen MR) is 50.5 cm³/mol. The Bertz CT molecular complexity index is 149. The molecule has 0 aromatic rings. The highest BCUT2D eigenvalue weighted by Crippen LogP contribution is 2.29. The van der Waals surface area contributed by atoms with E-state index in [-0.39, 0.29) is 24.2 Å². The molecule has 3 nitrogen and oxygen atoms in total. The fraction of sp³-hybridized carbons (Fsp3) is 0.900. The van der Waals surface area contributed by atoms with Crippen LogP contribution in [0.1, 0.15) is 12.8 Å². The topological polar surface area (TPSA) is 27.7 Å². The molecular weight excluding hydrogens is 168 g/mol. The maximum absolute atomic E-state index is 5.37. The van der Waals surface area contributed by atoms with Gasteiger partial charge in [-0.05, 0) is 19.8 Å². The van der Waals surface area contributed by atoms with E-state index in [2.05, 4.69) is 6.92 Å². The molecule has 1 rings (SSSR count). The molecule has 0 amide bonds. The molecule has 0 aromatic heterocycles. The number of rotatable bonds is 3. The third-order valence-electron chi connectivity index (χ3n) is 2.88. The molecule has 1 radical (unpaired) electrons. The Morgan fingerprint density at radius 2 is 1.46 bits per heavy atom. The van der Waals surface area contributed by atoms with Gasteiger partial charge in [-0.3, -0.25) is 0 Å². The van der Waals surface area contributed by atoms with Gasteiger partial charge in [0.15, 0.2) is 0 Å². The molecule has 4 atom stereocenters. The summed E-state index contributed by atoms with van der Waals surface area (Å²) in [4.78, 5) is 0. The molecule has 1 aliphatic rings. The number of hydrogen-bond acceptors (Lipinski definition) is 3. The van der Waals surface area contributed by atoms with E-state index in [0.717, 1.165) is 12.8 Å². The molecule has 0 N–H and O–H groups in total. The van der Waals surface area contributed by atoms with Crippen LogP contribution in [-0.4, -0.2) is 39.6 Å². The normalized spacial score (nSPS) is 40.6. The third-order valence-corrected chi connectivity index (χ3v) is 2.88. The first-order valence-corrected chi connectivity index (χ1v) is 4.66. The van der Waals surface area contributed by atoms with E-state index in [1.54, 1.807) is 21.3 Å². The highest BCUT2D eigenvalue weighted by Gasteiger charge is 2.37. The summed E-state index contributed by atoms with van der Waals surface area (Å²) < 4.78 is 16.0. The Kier molecular flexibility index (Phi) is 4.16. The molecule has 1 fully saturated rings. The molecule has 77 valence electrons. The molecule has 4 unspecified atom stereocenters. The van der Waals surface area contributed by atoms with Gasteiger partial charge in [-0.15, -0.1) is 0 Å². The minimum atomic E-state index is 0.0590. The molecule has 0 saturated heterocycles. The van der Waals surface area contributed by atoms with Crippen LogP contribution in [0.25, 0.3) is 0 Å². The standard InChI is InChI=1S/C10H19O3/c1-7-8(11-2)5-6-9(12-3)10(7)13-4/h7-10H,1,5-6H2,2-4H3. The van der Waals surface area contributed by atoms with Gasteiger partial charge >= 0.3 is 0 Å². The van der Waals surface area contributed by atoms with Crippen molar-refractivity contribution in [3.05, 3.63) is 6.92 Å². The zero-order chi connectivity index (χ0) is 9.84. The van der Waals surface area contributed by atoms with E-state index in [9.17, 15) is 0 Å². The lowest BCUT2D eigenvalue weighted by Crippen LogP contribution is -2.46. The van der Waals surface area contributed by atoms with Crippen molar-refractivity contribution in [2.24, 2.45) is 5.92 Å². The van der Waals surface area contributed by atoms with Crippen molar-refractivity contribution in [2.75, 3.05) is 21.3 Å². The van der Waals surface area contributed by atoms with Crippen LogP contribution >= 0.6 is 0 Å². The molecule has 0 aromatic carbocycles. The number of hydrogen-bond donors (Lipinski definition) is 0. The van der Waals surface area contributed by atoms with E-state index in [1.165, 1.54) is 0 Å². The summed E-state index contributed by atoms with van der Waals surface area (Å²) in [6, 6.07) is 0. The van der Waals surface area contributed by atoms with E-state index < -0.39 is 0 Å². The van der Waals surface area contributed by atoms with Gasteiger partial charge < -0.3 is 14.2 Å². The van der Waals surface area contributed by atoms with Gasteiger partial charge in [0.1, 0.15) is 0 Å². The second kappa shape index (κ2) is 4.94. The molecule has 0 spiro atoms. The average molecular weight is 187 g/mol. The molecule has 0 aliphatic heterocycles. The zero-order valence-corrected chi connectivity index (χ0v) is 8.66. The largest absolute Gasteiger partial charge is 0.381 e. The molecule has 0 bridgehead atoms. The van der Waals surface area contributed by atoms with Gasteiger partial charge in [0.2, 0.25) is 0 Å². The lowest BCUT2D eigenvalue weighted by molar-refractivity contribution is -0.120. The fourth-order valence-corrected chi connectivity index (χ4v) is 2.07. The van der Waals surface area contributed by atoms with E-state index >= 15 is 0 Å². The summed E-state index contributed by atoms with van der Waals surface area (Å²) in [5.41, 5.74) is 0. The van der Waals surface area contributed by atoms with E-state index in [0.29, 0.717) is 0 Å². The van der Waals surface area contributed by atoms with Crippen LogP contribution in [0.4, 0.5) is 0 Å². The third kappa shape index (κ3) is 2.22. The van der Waals surface area contributed by atoms with Gasteiger partial charge in [0.05, 0.1) is 18.3 Å². The maximum Gasteiger partial charge on any atom is 0.0885 e. The van der Waals surface area contributed by atoms with Gasteiger partial charge in [-0.2, -0.15) is 0 Å². The van der Waals surface area contributed by atoms with Crippen molar-refractivity contribution in [3.8, 4) is 0 Å². The molecular formula is C10H19O3. The van der Waals surface area contributed by atoms with Crippen LogP contribution in [0.15, 0.2) is 0 Å². The Labute approximate surface area is 80.4 Å². The summed E-state index contributed by atoms with van der Waals surface area (Å²) in [7, 11) is 5.14. The second-order valence-electron chi connectivity index (χ2n) is 3.49. The Balaban J connectivity index is 2.59. The molecule has 0 heterocycles. The highest BCUT2D eigenvalue weighted by molar-refractivity contribution is 4.91. The Hall–Kier alpha value is -0.120. The lowest BCUT2D eigenvalue weighted by Gasteiger charge is -2.39. The molecule has 1 aliphatic carbocycles. The number of ether oxygens (including phenoxy) is 3. The number of methoxy groups -OCH3 is 3. The summed E-state index contributed by atoms with van der Waals surface area (Å²) in [6.45, 7) is 4.07. The van der Waals surface area contributed by atoms with Crippen molar-refractivity contribution >= 4 is 0 Å². The van der Waals surface area contributed by atoms with E-state index in [1.807, 2.05) is 0 Å². The molecule has 1 saturated carbocycles. The van der Waals surface area contributed by atoms with Crippen LogP contribution < -0.4 is 0 Å². The Morgan fingerprint density at radius 1 is 0.923 bits per heavy atom. The SMILES string of the molecule is [CH2]C1C(OC)CCC(OC)C1OC. The monoisotopic (exact) mass is 187 g/mol. The fourth-order valence-electron chi connectivity index (χ4n) is 2.07. The van der Waals surface area contributed by atoms with Crippen molar-refractivity contribution in [1.82, 2.24) is 0 Å². The summed E-state index contributed by atoms with van der Waals surface area (Å²) in [5, 5.41) is 0. The first kappa shape index (κ1) is 11.0. The minimum Gasteiger partial charge on any atom is -0.381 e. The average Bonchev–Trinajstić information content (AvgIpc) is 2.17. The summed E-state index contributed by atoms with van der Waals surface area (Å²) >= 11 is 0. The van der Waals surface area contributed by atoms with Crippen molar-refractivity contribution < 1.29 is 14.2 Å². The summed E-state index contributed by atoms with van der Waals surface area (Å²) in [5.74, 6) is 0.161. The quantitative estimate of drug-likeness (QED) is 0.666. The van der Waals surface area contributed by atoms with Gasteiger partial charge in [0, 0.05) is 27.2 Å². The maximum atomic E-state index is 5.37. The van der Waals surface area contributed by atoms with Crippen LogP contribution in [-0.2, 0) is 14.2 Å². The minimum absolute atomic E-state index is 0.0590. The molecule has 3 heteroatoms. The predicted octanol–water partition coefficient (Wildman–Crippen LogP) is 1.28. The van der Waals surface area contributed by atoms with Crippen LogP contribution in [0.2, 0.25) is 0 Å². The first-order chi connectivity index (χ1) is 6.24. The van der Waals surface area contributed by atoms with Crippen molar-refractivity contribution in [2.45, 2.75) is 31.2 Å².